The maximum Gasteiger partial charge on any atom is 0.0345 e. The van der Waals surface area contributed by atoms with Crippen LogP contribution < -0.4 is 5.32 Å². The summed E-state index contributed by atoms with van der Waals surface area (Å²) >= 11 is 3.49. The fraction of sp³-hybridized carbons (Fsp3) is 0.455. The summed E-state index contributed by atoms with van der Waals surface area (Å²) in [6, 6.07) is 9.23. The van der Waals surface area contributed by atoms with Crippen LogP contribution in [0.3, 0.4) is 0 Å². The van der Waals surface area contributed by atoms with Gasteiger partial charge in [-0.15, -0.1) is 12.4 Å². The van der Waals surface area contributed by atoms with E-state index in [4.69, 9.17) is 0 Å². The maximum atomic E-state index is 3.49. The van der Waals surface area contributed by atoms with E-state index in [9.17, 15) is 0 Å². The molecule has 2 nitrogen and oxygen atoms in total. The van der Waals surface area contributed by atoms with Gasteiger partial charge in [0.1, 0.15) is 0 Å². The third-order valence-corrected chi connectivity index (χ3v) is 3.20. The highest BCUT2D eigenvalue weighted by molar-refractivity contribution is 9.10. The molecule has 1 aromatic carbocycles. The van der Waals surface area contributed by atoms with Gasteiger partial charge in [0.05, 0.1) is 0 Å². The fourth-order valence-corrected chi connectivity index (χ4v) is 2.08. The zero-order chi connectivity index (χ0) is 9.97. The summed E-state index contributed by atoms with van der Waals surface area (Å²) in [5.74, 6) is 0. The molecule has 15 heavy (non-hydrogen) atoms. The van der Waals surface area contributed by atoms with E-state index in [2.05, 4.69) is 57.5 Å². The Morgan fingerprint density at radius 3 is 2.73 bits per heavy atom. The van der Waals surface area contributed by atoms with Crippen molar-refractivity contribution in [2.24, 2.45) is 0 Å². The van der Waals surface area contributed by atoms with E-state index in [-0.39, 0.29) is 12.4 Å². The van der Waals surface area contributed by atoms with Crippen molar-refractivity contribution in [1.29, 1.82) is 0 Å². The van der Waals surface area contributed by atoms with Crippen molar-refractivity contribution in [2.45, 2.75) is 12.6 Å². The number of hydrogen-bond acceptors (Lipinski definition) is 2. The first-order chi connectivity index (χ1) is 6.75. The first-order valence-corrected chi connectivity index (χ1v) is 5.70. The van der Waals surface area contributed by atoms with Crippen molar-refractivity contribution >= 4 is 28.3 Å². The lowest BCUT2D eigenvalue weighted by Gasteiger charge is -2.35. The molecule has 1 aromatic rings. The molecule has 0 atom stereocenters. The van der Waals surface area contributed by atoms with Crippen LogP contribution in [0.5, 0.6) is 0 Å². The third-order valence-electron chi connectivity index (χ3n) is 2.70. The maximum absolute atomic E-state index is 3.49. The number of halogens is 2. The van der Waals surface area contributed by atoms with Gasteiger partial charge >= 0.3 is 0 Å². The summed E-state index contributed by atoms with van der Waals surface area (Å²) in [4.78, 5) is 2.40. The SMILES string of the molecule is CN(Cc1cccc(Br)c1)C1CNC1.Cl. The Balaban J connectivity index is 0.00000112. The molecule has 4 heteroatoms. The average Bonchev–Trinajstić information content (AvgIpc) is 1.99. The van der Waals surface area contributed by atoms with Gasteiger partial charge in [0.2, 0.25) is 0 Å². The summed E-state index contributed by atoms with van der Waals surface area (Å²) in [7, 11) is 2.19. The molecule has 0 aromatic heterocycles. The highest BCUT2D eigenvalue weighted by atomic mass is 79.9. The number of nitrogens with zero attached hydrogens (tertiary/aromatic N) is 1. The van der Waals surface area contributed by atoms with Crippen LogP contribution in [0.25, 0.3) is 0 Å². The Bertz CT molecular complexity index is 315. The normalized spacial score (nSPS) is 15.9. The summed E-state index contributed by atoms with van der Waals surface area (Å²) in [5.41, 5.74) is 1.37. The summed E-state index contributed by atoms with van der Waals surface area (Å²) in [6.07, 6.45) is 0. The van der Waals surface area contributed by atoms with E-state index in [1.54, 1.807) is 0 Å². The lowest BCUT2D eigenvalue weighted by Crippen LogP contribution is -2.55. The number of nitrogens with one attached hydrogen (secondary N) is 1. The molecule has 1 N–H and O–H groups in total. The van der Waals surface area contributed by atoms with Crippen LogP contribution in [0.4, 0.5) is 0 Å². The van der Waals surface area contributed by atoms with Crippen LogP contribution >= 0.6 is 28.3 Å². The van der Waals surface area contributed by atoms with Gasteiger partial charge in [-0.05, 0) is 24.7 Å². The Hall–Kier alpha value is -0.0900. The van der Waals surface area contributed by atoms with Gasteiger partial charge in [0.15, 0.2) is 0 Å². The molecule has 0 spiro atoms. The second-order valence-electron chi connectivity index (χ2n) is 3.86. The van der Waals surface area contributed by atoms with E-state index in [0.29, 0.717) is 6.04 Å². The van der Waals surface area contributed by atoms with Crippen LogP contribution in [0, 0.1) is 0 Å². The molecule has 1 saturated heterocycles. The van der Waals surface area contributed by atoms with Gasteiger partial charge in [-0.3, -0.25) is 4.90 Å². The highest BCUT2D eigenvalue weighted by Gasteiger charge is 2.20. The van der Waals surface area contributed by atoms with Gasteiger partial charge in [-0.2, -0.15) is 0 Å². The molecule has 0 aliphatic carbocycles. The van der Waals surface area contributed by atoms with E-state index < -0.39 is 0 Å². The van der Waals surface area contributed by atoms with Crippen molar-refractivity contribution in [3.8, 4) is 0 Å². The Labute approximate surface area is 106 Å². The van der Waals surface area contributed by atoms with Crippen LogP contribution in [-0.2, 0) is 6.54 Å². The number of rotatable bonds is 3. The molecule has 1 aliphatic heterocycles. The fourth-order valence-electron chi connectivity index (χ4n) is 1.64. The minimum atomic E-state index is 0. The Morgan fingerprint density at radius 1 is 1.47 bits per heavy atom. The zero-order valence-corrected chi connectivity index (χ0v) is 11.1. The molecule has 0 radical (unpaired) electrons. The highest BCUT2D eigenvalue weighted by Crippen LogP contribution is 2.14. The van der Waals surface area contributed by atoms with Crippen LogP contribution in [0.2, 0.25) is 0 Å². The van der Waals surface area contributed by atoms with Crippen molar-refractivity contribution in [3.63, 3.8) is 0 Å². The van der Waals surface area contributed by atoms with Crippen LogP contribution in [0.1, 0.15) is 5.56 Å². The Kier molecular flexibility index (Phi) is 5.06. The zero-order valence-electron chi connectivity index (χ0n) is 8.74. The van der Waals surface area contributed by atoms with Crippen LogP contribution in [0.15, 0.2) is 28.7 Å². The molecule has 0 bridgehead atoms. The smallest absolute Gasteiger partial charge is 0.0345 e. The molecule has 0 saturated carbocycles. The van der Waals surface area contributed by atoms with Gasteiger partial charge in [0, 0.05) is 30.1 Å². The molecule has 1 fully saturated rings. The number of benzene rings is 1. The van der Waals surface area contributed by atoms with Gasteiger partial charge in [0.25, 0.3) is 0 Å². The molecule has 84 valence electrons. The standard InChI is InChI=1S/C11H15BrN2.ClH/c1-14(11-6-13-7-11)8-9-3-2-4-10(12)5-9;/h2-5,11,13H,6-8H2,1H3;1H. The Morgan fingerprint density at radius 2 is 2.20 bits per heavy atom. The first-order valence-electron chi connectivity index (χ1n) is 4.91. The van der Waals surface area contributed by atoms with Gasteiger partial charge in [-0.25, -0.2) is 0 Å². The second kappa shape index (κ2) is 5.85. The van der Waals surface area contributed by atoms with Crippen molar-refractivity contribution in [2.75, 3.05) is 20.1 Å². The topological polar surface area (TPSA) is 15.3 Å². The molecule has 0 amide bonds. The minimum absolute atomic E-state index is 0. The van der Waals surface area contributed by atoms with E-state index in [1.807, 2.05) is 0 Å². The largest absolute Gasteiger partial charge is 0.314 e. The van der Waals surface area contributed by atoms with Gasteiger partial charge < -0.3 is 5.32 Å². The molecule has 0 unspecified atom stereocenters. The van der Waals surface area contributed by atoms with Crippen molar-refractivity contribution < 1.29 is 0 Å². The predicted molar refractivity (Wildman–Crippen MR) is 69.5 cm³/mol. The average molecular weight is 292 g/mol. The second-order valence-corrected chi connectivity index (χ2v) is 4.77. The summed E-state index contributed by atoms with van der Waals surface area (Å²) in [5, 5.41) is 3.29. The predicted octanol–water partition coefficient (Wildman–Crippen LogP) is 2.27. The lowest BCUT2D eigenvalue weighted by atomic mass is 10.1. The van der Waals surface area contributed by atoms with Crippen molar-refractivity contribution in [1.82, 2.24) is 10.2 Å². The molecular weight excluding hydrogens is 275 g/mol. The number of likely N-dealkylation sites (N-methyl/N-ethyl adjacent to an activating group) is 1. The van der Waals surface area contributed by atoms with E-state index in [1.165, 1.54) is 5.56 Å². The number of hydrogen-bond donors (Lipinski definition) is 1. The minimum Gasteiger partial charge on any atom is -0.314 e. The quantitative estimate of drug-likeness (QED) is 0.919. The van der Waals surface area contributed by atoms with Gasteiger partial charge in [-0.1, -0.05) is 28.1 Å². The molecule has 1 aliphatic rings. The summed E-state index contributed by atoms with van der Waals surface area (Å²) in [6.45, 7) is 3.29. The van der Waals surface area contributed by atoms with E-state index in [0.717, 1.165) is 24.1 Å². The monoisotopic (exact) mass is 290 g/mol. The van der Waals surface area contributed by atoms with Crippen molar-refractivity contribution in [3.05, 3.63) is 34.3 Å². The molecular formula is C11H16BrClN2. The lowest BCUT2D eigenvalue weighted by molar-refractivity contribution is 0.173. The van der Waals surface area contributed by atoms with E-state index >= 15 is 0 Å². The summed E-state index contributed by atoms with van der Waals surface area (Å²) < 4.78 is 1.16. The molecule has 2 rings (SSSR count). The first kappa shape index (κ1) is 13.0. The van der Waals surface area contributed by atoms with Crippen LogP contribution in [-0.4, -0.2) is 31.1 Å². The molecule has 1 heterocycles. The third kappa shape index (κ3) is 3.45.